The molecule has 0 aliphatic carbocycles. The SMILES string of the molecule is C=C.CCC(=Nc1c(C)cc(C)cc1C)C(CCc1ccccc1)=Nc1c(C)cc(C)cc1C.ClCCl.[CH3-].[Cl][Pd+]. The molecule has 0 saturated heterocycles. The summed E-state index contributed by atoms with van der Waals surface area (Å²) in [5.74, 6) is 0. The van der Waals surface area contributed by atoms with Crippen LogP contribution in [0.15, 0.2) is 77.7 Å². The predicted molar refractivity (Wildman–Crippen MR) is 181 cm³/mol. The Kier molecular flexibility index (Phi) is 23.1. The molecule has 0 saturated carbocycles. The summed E-state index contributed by atoms with van der Waals surface area (Å²) in [7, 11) is 4.49. The van der Waals surface area contributed by atoms with Crippen molar-refractivity contribution in [3.63, 3.8) is 0 Å². The average Bonchev–Trinajstić information content (AvgIpc) is 2.91. The van der Waals surface area contributed by atoms with Gasteiger partial charge in [-0.2, -0.15) is 0 Å². The Morgan fingerprint density at radius 3 is 1.40 bits per heavy atom. The third-order valence-electron chi connectivity index (χ3n) is 5.93. The summed E-state index contributed by atoms with van der Waals surface area (Å²) in [6.45, 7) is 21.1. The molecule has 0 bridgehead atoms. The van der Waals surface area contributed by atoms with E-state index >= 15 is 0 Å². The first-order valence-corrected chi connectivity index (χ1v) is 15.9. The fraction of sp³-hybridized carbons (Fsp3) is 0.324. The number of benzene rings is 3. The first-order valence-electron chi connectivity index (χ1n) is 12.8. The van der Waals surface area contributed by atoms with Gasteiger partial charge in [0.15, 0.2) is 0 Å². The van der Waals surface area contributed by atoms with Gasteiger partial charge in [0.25, 0.3) is 0 Å². The topological polar surface area (TPSA) is 24.7 Å². The zero-order chi connectivity index (χ0) is 30.0. The maximum absolute atomic E-state index is 5.24. The number of hydrogen-bond donors (Lipinski definition) is 0. The number of aliphatic imine (C=N–C) groups is 2. The van der Waals surface area contributed by atoms with Crippen molar-refractivity contribution < 1.29 is 18.2 Å². The van der Waals surface area contributed by atoms with Crippen molar-refractivity contribution in [2.45, 2.75) is 67.7 Å². The second kappa shape index (κ2) is 22.9. The summed E-state index contributed by atoms with van der Waals surface area (Å²) in [6, 6.07) is 19.5. The van der Waals surface area contributed by atoms with E-state index in [-0.39, 0.29) is 12.8 Å². The fourth-order valence-electron chi connectivity index (χ4n) is 4.49. The van der Waals surface area contributed by atoms with E-state index in [1.807, 2.05) is 0 Å². The second-order valence-corrected chi connectivity index (χ2v) is 9.86. The number of halogens is 3. The molecule has 40 heavy (non-hydrogen) atoms. The van der Waals surface area contributed by atoms with Crippen LogP contribution in [0, 0.1) is 49.0 Å². The van der Waals surface area contributed by atoms with Crippen molar-refractivity contribution in [3.8, 4) is 0 Å². The maximum atomic E-state index is 5.24. The van der Waals surface area contributed by atoms with Crippen LogP contribution in [-0.2, 0) is 24.6 Å². The molecule has 3 aromatic carbocycles. The third-order valence-corrected chi connectivity index (χ3v) is 5.93. The Bertz CT molecular complexity index is 1160. The first-order chi connectivity index (χ1) is 18.7. The van der Waals surface area contributed by atoms with Crippen LogP contribution in [-0.4, -0.2) is 16.8 Å². The second-order valence-electron chi connectivity index (χ2n) is 9.05. The molecule has 0 atom stereocenters. The van der Waals surface area contributed by atoms with Crippen LogP contribution in [0.1, 0.15) is 58.7 Å². The van der Waals surface area contributed by atoms with Crippen LogP contribution < -0.4 is 0 Å². The molecule has 0 aromatic heterocycles. The fourth-order valence-corrected chi connectivity index (χ4v) is 4.49. The molecule has 0 heterocycles. The quantitative estimate of drug-likeness (QED) is 0.0773. The van der Waals surface area contributed by atoms with E-state index in [0.717, 1.165) is 42.1 Å². The van der Waals surface area contributed by atoms with Crippen molar-refractivity contribution in [1.82, 2.24) is 0 Å². The molecule has 3 aromatic rings. The number of rotatable bonds is 7. The molecule has 6 heteroatoms. The molecule has 0 unspecified atom stereocenters. The molecular formula is C34H45Cl3N2Pd. The number of alkyl halides is 2. The van der Waals surface area contributed by atoms with Crippen LogP contribution in [0.5, 0.6) is 0 Å². The first kappa shape index (κ1) is 40.4. The molecule has 0 radical (unpaired) electrons. The third kappa shape index (κ3) is 13.8. The molecule has 0 aliphatic heterocycles. The van der Waals surface area contributed by atoms with E-state index in [1.165, 1.54) is 38.9 Å². The molecule has 222 valence electrons. The van der Waals surface area contributed by atoms with Gasteiger partial charge in [-0.3, -0.25) is 9.98 Å². The van der Waals surface area contributed by atoms with Crippen LogP contribution in [0.2, 0.25) is 0 Å². The summed E-state index contributed by atoms with van der Waals surface area (Å²) >= 11 is 11.8. The molecule has 0 fully saturated rings. The van der Waals surface area contributed by atoms with Gasteiger partial charge in [-0.15, -0.1) is 36.4 Å². The van der Waals surface area contributed by atoms with Crippen molar-refractivity contribution in [1.29, 1.82) is 0 Å². The predicted octanol–water partition coefficient (Wildman–Crippen LogP) is 11.8. The normalized spacial score (nSPS) is 10.6. The monoisotopic (exact) mass is 692 g/mol. The van der Waals surface area contributed by atoms with E-state index in [0.29, 0.717) is 0 Å². The van der Waals surface area contributed by atoms with Gasteiger partial charge in [-0.1, -0.05) is 72.6 Å². The minimum atomic E-state index is 0. The zero-order valence-electron chi connectivity index (χ0n) is 25.3. The summed E-state index contributed by atoms with van der Waals surface area (Å²) in [5, 5.41) is 0.194. The number of aryl methyl sites for hydroxylation is 7. The van der Waals surface area contributed by atoms with Crippen molar-refractivity contribution in [2.75, 3.05) is 5.34 Å². The van der Waals surface area contributed by atoms with Gasteiger partial charge in [0.2, 0.25) is 0 Å². The Morgan fingerprint density at radius 2 is 1.05 bits per heavy atom. The van der Waals surface area contributed by atoms with Crippen molar-refractivity contribution in [2.24, 2.45) is 9.98 Å². The summed E-state index contributed by atoms with van der Waals surface area (Å²) in [6.07, 6.45) is 2.67. The van der Waals surface area contributed by atoms with E-state index in [2.05, 4.69) is 144 Å². The molecule has 0 amide bonds. The zero-order valence-corrected chi connectivity index (χ0v) is 29.1. The van der Waals surface area contributed by atoms with Gasteiger partial charge < -0.3 is 7.43 Å². The molecule has 0 aliphatic rings. The molecule has 2 nitrogen and oxygen atoms in total. The summed E-state index contributed by atoms with van der Waals surface area (Å²) in [5.41, 5.74) is 13.1. The van der Waals surface area contributed by atoms with E-state index in [4.69, 9.17) is 33.2 Å². The molecule has 3 rings (SSSR count). The summed E-state index contributed by atoms with van der Waals surface area (Å²) in [4.78, 5) is 10.4. The van der Waals surface area contributed by atoms with Crippen molar-refractivity contribution in [3.05, 3.63) is 114 Å². The van der Waals surface area contributed by atoms with E-state index in [1.54, 1.807) is 0 Å². The Morgan fingerprint density at radius 1 is 0.700 bits per heavy atom. The van der Waals surface area contributed by atoms with E-state index in [9.17, 15) is 0 Å². The number of nitrogens with zero attached hydrogens (tertiary/aromatic N) is 2. The number of hydrogen-bond acceptors (Lipinski definition) is 2. The van der Waals surface area contributed by atoms with Gasteiger partial charge in [0.1, 0.15) is 0 Å². The Balaban J connectivity index is 0. The van der Waals surface area contributed by atoms with Crippen LogP contribution >= 0.6 is 32.7 Å². The molecular weight excluding hydrogens is 649 g/mol. The summed E-state index contributed by atoms with van der Waals surface area (Å²) < 4.78 is 0. The standard InChI is InChI=1S/C30H36N2.C2H4.CH2Cl2.CH3.ClH.Pd/c1-8-27(31-29-22(4)16-20(2)17-23(29)5)28(15-14-26-12-10-9-11-13-26)32-30-24(6)18-21(3)19-25(30)7;1-2;2-1-3;;;/h9-13,16-19H,8,14-15H2,1-7H3;1-2H2;1H2;1H3;1H;/q;;;-1;;+2/p-1. The van der Waals surface area contributed by atoms with E-state index < -0.39 is 0 Å². The van der Waals surface area contributed by atoms with Gasteiger partial charge in [-0.05, 0) is 88.6 Å². The van der Waals surface area contributed by atoms with Gasteiger partial charge in [-0.25, -0.2) is 0 Å². The van der Waals surface area contributed by atoms with Gasteiger partial charge >= 0.3 is 27.7 Å². The molecule has 0 spiro atoms. The Labute approximate surface area is 269 Å². The van der Waals surface area contributed by atoms with Gasteiger partial charge in [0, 0.05) is 0 Å². The average molecular weight is 695 g/mol. The Hall–Kier alpha value is -1.73. The van der Waals surface area contributed by atoms with Gasteiger partial charge in [0.05, 0.1) is 28.1 Å². The van der Waals surface area contributed by atoms with Crippen molar-refractivity contribution >= 4 is 55.5 Å². The minimum absolute atomic E-state index is 0. The van der Waals surface area contributed by atoms with Crippen LogP contribution in [0.3, 0.4) is 0 Å². The van der Waals surface area contributed by atoms with Crippen LogP contribution in [0.4, 0.5) is 11.4 Å². The van der Waals surface area contributed by atoms with Crippen LogP contribution in [0.25, 0.3) is 0 Å². The molecule has 0 N–H and O–H groups in total.